The number of carboxylic acids is 1. The number of carboxylic acid groups (broad SMARTS) is 1. The fourth-order valence-corrected chi connectivity index (χ4v) is 3.93. The molecular formula is C17H20O6S2. The molecule has 0 heterocycles. The minimum absolute atomic E-state index is 0.134. The smallest absolute Gasteiger partial charge is 0.361 e. The van der Waals surface area contributed by atoms with Gasteiger partial charge in [0.05, 0.1) is 17.4 Å². The topological polar surface area (TPSA) is 115 Å². The minimum atomic E-state index is -4.47. The highest BCUT2D eigenvalue weighted by Gasteiger charge is 2.31. The van der Waals surface area contributed by atoms with Crippen molar-refractivity contribution in [2.24, 2.45) is 0 Å². The molecule has 1 atom stereocenters. The van der Waals surface area contributed by atoms with Crippen LogP contribution in [0.1, 0.15) is 16.4 Å². The fourth-order valence-electron chi connectivity index (χ4n) is 2.10. The summed E-state index contributed by atoms with van der Waals surface area (Å²) in [4.78, 5) is 10.6. The van der Waals surface area contributed by atoms with Crippen molar-refractivity contribution in [3.05, 3.63) is 59.7 Å². The van der Waals surface area contributed by atoms with E-state index in [4.69, 9.17) is 10.2 Å². The molecule has 8 heteroatoms. The normalized spacial score (nSPS) is 12.2. The van der Waals surface area contributed by atoms with Gasteiger partial charge in [0.15, 0.2) is 0 Å². The van der Waals surface area contributed by atoms with Gasteiger partial charge in [-0.15, -0.1) is 0 Å². The molecule has 0 amide bonds. The Kier molecular flexibility index (Phi) is 7.47. The highest BCUT2D eigenvalue weighted by atomic mass is 32.2. The maximum absolute atomic E-state index is 10.9. The molecule has 0 spiro atoms. The van der Waals surface area contributed by atoms with Crippen LogP contribution in [0, 0.1) is 6.92 Å². The average Bonchev–Trinajstić information content (AvgIpc) is 2.49. The second-order valence-corrected chi connectivity index (χ2v) is 8.99. The number of aromatic hydroxyl groups is 1. The number of aryl methyl sites for hydroxylation is 1. The van der Waals surface area contributed by atoms with Crippen LogP contribution in [0.4, 0.5) is 0 Å². The minimum Gasteiger partial charge on any atom is -0.744 e. The number of rotatable bonds is 4. The summed E-state index contributed by atoms with van der Waals surface area (Å²) in [7, 11) is -4.60. The molecule has 2 N–H and O–H groups in total. The summed E-state index contributed by atoms with van der Waals surface area (Å²) in [6.07, 6.45) is 3.90. The zero-order valence-electron chi connectivity index (χ0n) is 14.0. The predicted octanol–water partition coefficient (Wildman–Crippen LogP) is 2.29. The SMILES string of the molecule is C[S+](C)C(C(=O)O)c1ccccc1.Cc1ccc(O)cc1S(=O)(=O)[O-]. The van der Waals surface area contributed by atoms with Gasteiger partial charge >= 0.3 is 5.97 Å². The third-order valence-corrected chi connectivity index (χ3v) is 5.63. The summed E-state index contributed by atoms with van der Waals surface area (Å²) in [6.45, 7) is 1.49. The van der Waals surface area contributed by atoms with E-state index >= 15 is 0 Å². The van der Waals surface area contributed by atoms with Crippen LogP contribution in [-0.2, 0) is 25.8 Å². The molecule has 6 nitrogen and oxygen atoms in total. The van der Waals surface area contributed by atoms with E-state index in [1.165, 1.54) is 19.1 Å². The fraction of sp³-hybridized carbons (Fsp3) is 0.235. The Morgan fingerprint density at radius 2 is 1.68 bits per heavy atom. The summed E-state index contributed by atoms with van der Waals surface area (Å²) in [5, 5.41) is 17.5. The Morgan fingerprint density at radius 3 is 2.08 bits per heavy atom. The van der Waals surface area contributed by atoms with Crippen molar-refractivity contribution in [3.8, 4) is 5.75 Å². The molecule has 25 heavy (non-hydrogen) atoms. The molecule has 0 aromatic heterocycles. The van der Waals surface area contributed by atoms with E-state index in [1.54, 1.807) is 0 Å². The lowest BCUT2D eigenvalue weighted by atomic mass is 10.1. The summed E-state index contributed by atoms with van der Waals surface area (Å²) in [5.41, 5.74) is 1.23. The zero-order chi connectivity index (χ0) is 19.2. The summed E-state index contributed by atoms with van der Waals surface area (Å²) >= 11 is 0. The predicted molar refractivity (Wildman–Crippen MR) is 96.8 cm³/mol. The van der Waals surface area contributed by atoms with Gasteiger partial charge in [0, 0.05) is 16.5 Å². The first-order valence-corrected chi connectivity index (χ1v) is 10.6. The first-order chi connectivity index (χ1) is 11.5. The van der Waals surface area contributed by atoms with Crippen LogP contribution in [0.25, 0.3) is 0 Å². The Bertz CT molecular complexity index is 816. The summed E-state index contributed by atoms with van der Waals surface area (Å²) in [5.74, 6) is -0.963. The molecule has 0 aliphatic rings. The lowest BCUT2D eigenvalue weighted by molar-refractivity contribution is -0.136. The lowest BCUT2D eigenvalue weighted by Gasteiger charge is -2.09. The average molecular weight is 384 g/mol. The largest absolute Gasteiger partial charge is 0.744 e. The molecule has 1 unspecified atom stereocenters. The zero-order valence-corrected chi connectivity index (χ0v) is 15.7. The molecule has 2 aromatic rings. The van der Waals surface area contributed by atoms with E-state index in [2.05, 4.69) is 0 Å². The monoisotopic (exact) mass is 384 g/mol. The number of phenolic OH excluding ortho intramolecular Hbond substituents is 1. The van der Waals surface area contributed by atoms with E-state index in [-0.39, 0.29) is 26.8 Å². The van der Waals surface area contributed by atoms with Gasteiger partial charge in [-0.2, -0.15) is 0 Å². The Morgan fingerprint density at radius 1 is 1.12 bits per heavy atom. The van der Waals surface area contributed by atoms with Gasteiger partial charge in [-0.1, -0.05) is 36.4 Å². The van der Waals surface area contributed by atoms with Gasteiger partial charge in [-0.05, 0) is 24.6 Å². The van der Waals surface area contributed by atoms with Crippen molar-refractivity contribution in [3.63, 3.8) is 0 Å². The van der Waals surface area contributed by atoms with Gasteiger partial charge in [0.25, 0.3) is 0 Å². The molecule has 0 aliphatic heterocycles. The Labute approximate surface area is 150 Å². The number of hydrogen-bond donors (Lipinski definition) is 2. The second kappa shape index (κ2) is 8.89. The van der Waals surface area contributed by atoms with Gasteiger partial charge in [-0.3, -0.25) is 0 Å². The standard InChI is InChI=1S/C10H12O2S.C7H8O4S/c1-13(2)9(10(11)12)8-6-4-3-5-7-8;1-5-2-3-6(8)4-7(5)12(9,10)11/h3-7,9H,1-2H3;2-4,8H,1H3,(H,9,10,11). The number of aliphatic carboxylic acids is 1. The summed E-state index contributed by atoms with van der Waals surface area (Å²) < 4.78 is 31.6. The molecule has 2 aromatic carbocycles. The van der Waals surface area contributed by atoms with E-state index in [9.17, 15) is 17.8 Å². The molecular weight excluding hydrogens is 364 g/mol. The van der Waals surface area contributed by atoms with Gasteiger partial charge in [0.2, 0.25) is 5.25 Å². The Balaban J connectivity index is 0.000000251. The molecule has 136 valence electrons. The highest BCUT2D eigenvalue weighted by molar-refractivity contribution is 7.96. The van der Waals surface area contributed by atoms with Crippen LogP contribution in [0.3, 0.4) is 0 Å². The molecule has 0 saturated heterocycles. The number of phenols is 1. The molecule has 0 bridgehead atoms. The third-order valence-electron chi connectivity index (χ3n) is 3.24. The van der Waals surface area contributed by atoms with Crippen molar-refractivity contribution in [1.29, 1.82) is 0 Å². The molecule has 0 aliphatic carbocycles. The quantitative estimate of drug-likeness (QED) is 0.617. The van der Waals surface area contributed by atoms with Gasteiger partial charge in [0.1, 0.15) is 15.9 Å². The van der Waals surface area contributed by atoms with Crippen molar-refractivity contribution >= 4 is 27.0 Å². The Hall–Kier alpha value is -2.03. The molecule has 0 radical (unpaired) electrons. The van der Waals surface area contributed by atoms with Crippen LogP contribution in [0.2, 0.25) is 0 Å². The van der Waals surface area contributed by atoms with E-state index in [0.717, 1.165) is 11.6 Å². The van der Waals surface area contributed by atoms with E-state index < -0.39 is 16.1 Å². The number of benzene rings is 2. The molecule has 0 fully saturated rings. The second-order valence-electron chi connectivity index (χ2n) is 5.41. The lowest BCUT2D eigenvalue weighted by Crippen LogP contribution is -2.19. The number of hydrogen-bond acceptors (Lipinski definition) is 5. The maximum Gasteiger partial charge on any atom is 0.361 e. The van der Waals surface area contributed by atoms with E-state index in [1.807, 2.05) is 42.8 Å². The van der Waals surface area contributed by atoms with Crippen molar-refractivity contribution < 1.29 is 28.0 Å². The third kappa shape index (κ3) is 6.41. The van der Waals surface area contributed by atoms with Gasteiger partial charge in [-0.25, -0.2) is 13.2 Å². The number of carbonyl (C=O) groups is 1. The first-order valence-electron chi connectivity index (χ1n) is 7.13. The van der Waals surface area contributed by atoms with Gasteiger partial charge < -0.3 is 14.8 Å². The van der Waals surface area contributed by atoms with E-state index in [0.29, 0.717) is 5.56 Å². The molecule has 2 rings (SSSR count). The summed E-state index contributed by atoms with van der Waals surface area (Å²) in [6, 6.07) is 13.0. The van der Waals surface area contributed by atoms with Crippen molar-refractivity contribution in [2.75, 3.05) is 12.5 Å². The van der Waals surface area contributed by atoms with Crippen LogP contribution >= 0.6 is 0 Å². The maximum atomic E-state index is 10.9. The first kappa shape index (κ1) is 21.0. The van der Waals surface area contributed by atoms with Crippen molar-refractivity contribution in [1.82, 2.24) is 0 Å². The van der Waals surface area contributed by atoms with Crippen LogP contribution in [0.15, 0.2) is 53.4 Å². The molecule has 0 saturated carbocycles. The highest BCUT2D eigenvalue weighted by Crippen LogP contribution is 2.21. The van der Waals surface area contributed by atoms with Crippen LogP contribution in [0.5, 0.6) is 5.75 Å². The van der Waals surface area contributed by atoms with Crippen LogP contribution in [-0.4, -0.2) is 41.7 Å². The van der Waals surface area contributed by atoms with Crippen molar-refractivity contribution in [2.45, 2.75) is 17.1 Å². The van der Waals surface area contributed by atoms with Crippen LogP contribution < -0.4 is 0 Å².